The minimum Gasteiger partial charge on any atom is -0.383 e. The van der Waals surface area contributed by atoms with Gasteiger partial charge in [0.1, 0.15) is 0 Å². The van der Waals surface area contributed by atoms with Crippen molar-refractivity contribution in [2.24, 2.45) is 0 Å². The zero-order chi connectivity index (χ0) is 17.5. The highest BCUT2D eigenvalue weighted by atomic mass is 35.5. The van der Waals surface area contributed by atoms with Crippen LogP contribution in [0.5, 0.6) is 0 Å². The van der Waals surface area contributed by atoms with Crippen LogP contribution in [0, 0.1) is 0 Å². The fourth-order valence-electron chi connectivity index (χ4n) is 3.23. The molecule has 24 heavy (non-hydrogen) atoms. The molecule has 130 valence electrons. The van der Waals surface area contributed by atoms with Gasteiger partial charge >= 0.3 is 0 Å². The maximum Gasteiger partial charge on any atom is 0.254 e. The number of nitrogens with zero attached hydrogens (tertiary/aromatic N) is 1. The van der Waals surface area contributed by atoms with E-state index >= 15 is 0 Å². The first-order chi connectivity index (χ1) is 11.7. The second-order valence-corrected chi connectivity index (χ2v) is 6.26. The topological polar surface area (TPSA) is 29.5 Å². The van der Waals surface area contributed by atoms with Crippen molar-refractivity contribution in [1.29, 1.82) is 0 Å². The van der Waals surface area contributed by atoms with Crippen molar-refractivity contribution in [3.8, 4) is 0 Å². The molecule has 1 atom stereocenters. The van der Waals surface area contributed by atoms with Crippen LogP contribution in [0.25, 0.3) is 0 Å². The van der Waals surface area contributed by atoms with Crippen LogP contribution in [0.1, 0.15) is 43.5 Å². The molecule has 3 nitrogen and oxygen atoms in total. The van der Waals surface area contributed by atoms with Gasteiger partial charge in [-0.3, -0.25) is 4.79 Å². The van der Waals surface area contributed by atoms with Crippen molar-refractivity contribution < 1.29 is 9.53 Å². The smallest absolute Gasteiger partial charge is 0.254 e. The van der Waals surface area contributed by atoms with Gasteiger partial charge in [0.25, 0.3) is 5.91 Å². The molecule has 0 bridgehead atoms. The number of hydrogen-bond acceptors (Lipinski definition) is 2. The quantitative estimate of drug-likeness (QED) is 0.780. The Hall–Kier alpha value is -1.58. The average Bonchev–Trinajstić information content (AvgIpc) is 2.62. The van der Waals surface area contributed by atoms with Gasteiger partial charge in [-0.2, -0.15) is 0 Å². The van der Waals surface area contributed by atoms with E-state index in [0.717, 1.165) is 19.3 Å². The third-order valence-electron chi connectivity index (χ3n) is 4.34. The van der Waals surface area contributed by atoms with Crippen molar-refractivity contribution in [2.75, 3.05) is 20.3 Å². The van der Waals surface area contributed by atoms with E-state index in [1.54, 1.807) is 19.2 Å². The van der Waals surface area contributed by atoms with Crippen LogP contribution in [0.3, 0.4) is 0 Å². The lowest BCUT2D eigenvalue weighted by molar-refractivity contribution is 0.0533. The van der Waals surface area contributed by atoms with Gasteiger partial charge in [0.15, 0.2) is 0 Å². The zero-order valence-corrected chi connectivity index (χ0v) is 15.5. The second kappa shape index (κ2) is 9.05. The Morgan fingerprint density at radius 2 is 2.17 bits per heavy atom. The zero-order valence-electron chi connectivity index (χ0n) is 14.7. The number of allylic oxidation sites excluding steroid dienone is 1. The molecule has 0 N–H and O–H groups in total. The number of methoxy groups -OCH3 is 1. The highest BCUT2D eigenvalue weighted by Crippen LogP contribution is 2.31. The Morgan fingerprint density at radius 1 is 1.38 bits per heavy atom. The molecule has 1 unspecified atom stereocenters. The molecule has 0 saturated heterocycles. The van der Waals surface area contributed by atoms with Gasteiger partial charge in [0.2, 0.25) is 0 Å². The van der Waals surface area contributed by atoms with Crippen molar-refractivity contribution >= 4 is 17.5 Å². The fraction of sp³-hybridized carbons (Fsp3) is 0.450. The van der Waals surface area contributed by atoms with Gasteiger partial charge in [-0.05, 0) is 43.0 Å². The lowest BCUT2D eigenvalue weighted by Gasteiger charge is -2.38. The molecular weight excluding hydrogens is 322 g/mol. The molecule has 0 fully saturated rings. The summed E-state index contributed by atoms with van der Waals surface area (Å²) in [7, 11) is 1.69. The molecule has 4 heteroatoms. The van der Waals surface area contributed by atoms with Gasteiger partial charge in [0.05, 0.1) is 12.6 Å². The summed E-state index contributed by atoms with van der Waals surface area (Å²) in [5.41, 5.74) is 3.39. The van der Waals surface area contributed by atoms with E-state index in [4.69, 9.17) is 16.3 Å². The Balaban J connectivity index is 0.00000100. The van der Waals surface area contributed by atoms with Crippen LogP contribution < -0.4 is 0 Å². The maximum absolute atomic E-state index is 12.9. The van der Waals surface area contributed by atoms with Crippen LogP contribution in [0.4, 0.5) is 0 Å². The fourth-order valence-corrected chi connectivity index (χ4v) is 3.42. The summed E-state index contributed by atoms with van der Waals surface area (Å²) in [6, 6.07) is 7.25. The summed E-state index contributed by atoms with van der Waals surface area (Å²) < 4.78 is 5.34. The Morgan fingerprint density at radius 3 is 2.88 bits per heavy atom. The Bertz CT molecular complexity index is 636. The van der Waals surface area contributed by atoms with E-state index in [9.17, 15) is 4.79 Å². The van der Waals surface area contributed by atoms with E-state index in [1.165, 1.54) is 11.1 Å². The Labute approximate surface area is 149 Å². The van der Waals surface area contributed by atoms with Gasteiger partial charge < -0.3 is 9.64 Å². The van der Waals surface area contributed by atoms with Crippen molar-refractivity contribution in [2.45, 2.75) is 39.2 Å². The SMILES string of the molecule is CC.COCC1CC2=C(C=CCC2)CN1C(=O)c1cccc(Cl)c1. The van der Waals surface area contributed by atoms with E-state index < -0.39 is 0 Å². The van der Waals surface area contributed by atoms with Gasteiger partial charge in [-0.1, -0.05) is 49.2 Å². The molecule has 1 heterocycles. The predicted octanol–water partition coefficient (Wildman–Crippen LogP) is 4.87. The number of hydrogen-bond donors (Lipinski definition) is 0. The summed E-state index contributed by atoms with van der Waals surface area (Å²) in [6.45, 7) is 5.22. The number of amides is 1. The normalized spacial score (nSPS) is 19.5. The van der Waals surface area contributed by atoms with Crippen LogP contribution in [-0.4, -0.2) is 37.1 Å². The van der Waals surface area contributed by atoms with Crippen LogP contribution in [0.2, 0.25) is 5.02 Å². The molecular formula is C20H26ClNO2. The van der Waals surface area contributed by atoms with Crippen LogP contribution in [-0.2, 0) is 4.74 Å². The first kappa shape index (κ1) is 18.8. The lowest BCUT2D eigenvalue weighted by atomic mass is 9.87. The first-order valence-corrected chi connectivity index (χ1v) is 8.99. The van der Waals surface area contributed by atoms with Crippen LogP contribution >= 0.6 is 11.6 Å². The maximum atomic E-state index is 12.9. The molecule has 1 aliphatic carbocycles. The Kier molecular flexibility index (Phi) is 7.07. The number of ether oxygens (including phenoxy) is 1. The third kappa shape index (κ3) is 4.28. The minimum atomic E-state index is 0.0232. The standard InChI is InChI=1S/C18H20ClNO2.C2H6/c1-22-12-17-10-13-5-2-3-6-15(13)11-20(17)18(21)14-7-4-8-16(19)9-14;1-2/h3-4,6-9,17H,2,5,10-12H2,1H3;1-2H3. The van der Waals surface area contributed by atoms with Crippen molar-refractivity contribution in [3.63, 3.8) is 0 Å². The largest absolute Gasteiger partial charge is 0.383 e. The van der Waals surface area contributed by atoms with Crippen molar-refractivity contribution in [1.82, 2.24) is 4.90 Å². The van der Waals surface area contributed by atoms with Crippen LogP contribution in [0.15, 0.2) is 47.6 Å². The number of carbonyl (C=O) groups excluding carboxylic acids is 1. The monoisotopic (exact) mass is 347 g/mol. The molecule has 0 spiro atoms. The first-order valence-electron chi connectivity index (χ1n) is 8.62. The summed E-state index contributed by atoms with van der Waals surface area (Å²) in [4.78, 5) is 14.8. The van der Waals surface area contributed by atoms with Gasteiger partial charge in [-0.15, -0.1) is 0 Å². The molecule has 1 amide bonds. The molecule has 0 radical (unpaired) electrons. The molecule has 2 aliphatic rings. The number of halogens is 1. The molecule has 0 aromatic heterocycles. The number of rotatable bonds is 3. The molecule has 3 rings (SSSR count). The summed E-state index contributed by atoms with van der Waals surface area (Å²) in [5.74, 6) is 0.0232. The van der Waals surface area contributed by atoms with E-state index in [0.29, 0.717) is 23.7 Å². The average molecular weight is 348 g/mol. The highest BCUT2D eigenvalue weighted by Gasteiger charge is 2.31. The predicted molar refractivity (Wildman–Crippen MR) is 99.5 cm³/mol. The van der Waals surface area contributed by atoms with E-state index in [-0.39, 0.29) is 11.9 Å². The minimum absolute atomic E-state index is 0.0232. The molecule has 1 aliphatic heterocycles. The summed E-state index contributed by atoms with van der Waals surface area (Å²) in [6.07, 6.45) is 7.46. The third-order valence-corrected chi connectivity index (χ3v) is 4.58. The summed E-state index contributed by atoms with van der Waals surface area (Å²) in [5, 5.41) is 0.587. The van der Waals surface area contributed by atoms with E-state index in [2.05, 4.69) is 12.2 Å². The van der Waals surface area contributed by atoms with Crippen molar-refractivity contribution in [3.05, 3.63) is 58.1 Å². The van der Waals surface area contributed by atoms with Gasteiger partial charge in [0, 0.05) is 24.2 Å². The van der Waals surface area contributed by atoms with Gasteiger partial charge in [-0.25, -0.2) is 0 Å². The lowest BCUT2D eigenvalue weighted by Crippen LogP contribution is -2.47. The molecule has 1 aromatic carbocycles. The second-order valence-electron chi connectivity index (χ2n) is 5.83. The number of carbonyl (C=O) groups is 1. The molecule has 0 saturated carbocycles. The number of benzene rings is 1. The van der Waals surface area contributed by atoms with E-state index in [1.807, 2.05) is 30.9 Å². The summed E-state index contributed by atoms with van der Waals surface area (Å²) >= 11 is 6.02. The highest BCUT2D eigenvalue weighted by molar-refractivity contribution is 6.30. The molecule has 1 aromatic rings.